The van der Waals surface area contributed by atoms with Crippen LogP contribution in [0.2, 0.25) is 0 Å². The molecule has 1 aliphatic heterocycles. The van der Waals surface area contributed by atoms with Gasteiger partial charge in [0.15, 0.2) is 0 Å². The lowest BCUT2D eigenvalue weighted by Gasteiger charge is -2.33. The number of nitrogens with zero attached hydrogens (tertiary/aromatic N) is 4. The van der Waals surface area contributed by atoms with E-state index >= 15 is 0 Å². The van der Waals surface area contributed by atoms with Crippen molar-refractivity contribution in [3.63, 3.8) is 0 Å². The lowest BCUT2D eigenvalue weighted by Crippen LogP contribution is -2.53. The quantitative estimate of drug-likeness (QED) is 0.150. The number of rotatable bonds is 17. The van der Waals surface area contributed by atoms with Gasteiger partial charge in [0.05, 0.1) is 36.4 Å². The van der Waals surface area contributed by atoms with Gasteiger partial charge in [-0.05, 0) is 33.0 Å². The van der Waals surface area contributed by atoms with Crippen molar-refractivity contribution in [3.8, 4) is 0 Å². The Balaban J connectivity index is 2.71. The highest BCUT2D eigenvalue weighted by molar-refractivity contribution is 8.19. The molecule has 1 aliphatic rings. The second-order valence-corrected chi connectivity index (χ2v) is 11.5. The van der Waals surface area contributed by atoms with Crippen molar-refractivity contribution < 1.29 is 32.7 Å². The van der Waals surface area contributed by atoms with E-state index in [1.807, 2.05) is 6.92 Å². The average Bonchev–Trinajstić information content (AvgIpc) is 2.90. The molecule has 0 aromatic rings. The molecule has 0 bridgehead atoms. The number of hydrogen-bond acceptors (Lipinski definition) is 11. The number of amides is 2. The first kappa shape index (κ1) is 37.0. The Bertz CT molecular complexity index is 668. The van der Waals surface area contributed by atoms with Crippen LogP contribution in [0.25, 0.3) is 0 Å². The zero-order chi connectivity index (χ0) is 29.8. The summed E-state index contributed by atoms with van der Waals surface area (Å²) in [4.78, 5) is 35.1. The first-order valence-electron chi connectivity index (χ1n) is 14.7. The Labute approximate surface area is 243 Å². The first-order valence-corrected chi connectivity index (χ1v) is 16.4. The maximum absolute atomic E-state index is 13.0. The van der Waals surface area contributed by atoms with E-state index in [9.17, 15) is 23.2 Å². The molecule has 1 rings (SSSR count). The molecule has 2 amide bonds. The topological polar surface area (TPSA) is 150 Å². The van der Waals surface area contributed by atoms with Crippen LogP contribution in [-0.4, -0.2) is 168 Å². The van der Waals surface area contributed by atoms with Crippen LogP contribution in [0, 0.1) is 0 Å². The smallest absolute Gasteiger partial charge is 0.243 e. The summed E-state index contributed by atoms with van der Waals surface area (Å²) < 4.78 is 39.5. The monoisotopic (exact) mass is 596 g/mol. The SMILES string of the molecule is CCOCCOCCCNC(=O)[C@@H](CS(O)(O)O)NC(=O)CN1CCN(CC)CCN(CC)CCN(CC)CC1. The number of ether oxygens (including phenoxy) is 2. The molecule has 0 radical (unpaired) electrons. The summed E-state index contributed by atoms with van der Waals surface area (Å²) >= 11 is 0. The third-order valence-corrected chi connectivity index (χ3v) is 7.80. The van der Waals surface area contributed by atoms with Crippen molar-refractivity contribution in [3.05, 3.63) is 0 Å². The van der Waals surface area contributed by atoms with Crippen LogP contribution in [0.5, 0.6) is 0 Å². The van der Waals surface area contributed by atoms with Crippen LogP contribution < -0.4 is 10.6 Å². The highest BCUT2D eigenvalue weighted by atomic mass is 32.3. The van der Waals surface area contributed by atoms with Crippen molar-refractivity contribution in [2.45, 2.75) is 40.2 Å². The van der Waals surface area contributed by atoms with Crippen LogP contribution in [0.1, 0.15) is 34.1 Å². The van der Waals surface area contributed by atoms with Gasteiger partial charge in [-0.15, -0.1) is 0 Å². The Hall–Kier alpha value is -1.07. The second-order valence-electron chi connectivity index (χ2n) is 9.95. The van der Waals surface area contributed by atoms with E-state index in [0.29, 0.717) is 45.9 Å². The molecule has 1 saturated heterocycles. The number of hydrogen-bond donors (Lipinski definition) is 5. The standard InChI is InChI=1S/C26H56N6O7S/c1-5-29-11-13-30(6-2)15-17-32(18-16-31(7-3)14-12-29)22-25(33)28-24(23-40(35,36)37)26(34)27-10-9-19-39-21-20-38-8-4/h24,35-37H,5-23H2,1-4H3,(H,27,34)(H,28,33)/t24-/m1/s1. The van der Waals surface area contributed by atoms with Crippen LogP contribution in [-0.2, 0) is 19.1 Å². The van der Waals surface area contributed by atoms with Gasteiger partial charge in [-0.25, -0.2) is 0 Å². The molecule has 0 spiro atoms. The summed E-state index contributed by atoms with van der Waals surface area (Å²) in [6, 6.07) is -1.27. The molecule has 13 nitrogen and oxygen atoms in total. The predicted octanol–water partition coefficient (Wildman–Crippen LogP) is 0.536. The number of nitrogens with one attached hydrogen (secondary N) is 2. The predicted molar refractivity (Wildman–Crippen MR) is 160 cm³/mol. The van der Waals surface area contributed by atoms with Gasteiger partial charge >= 0.3 is 0 Å². The number of carbonyl (C=O) groups excluding carboxylic acids is 2. The molecule has 1 atom stereocenters. The Morgan fingerprint density at radius 1 is 0.750 bits per heavy atom. The van der Waals surface area contributed by atoms with Crippen LogP contribution in [0.3, 0.4) is 0 Å². The maximum atomic E-state index is 13.0. The summed E-state index contributed by atoms with van der Waals surface area (Å²) in [5, 5.41) is 5.29. The van der Waals surface area contributed by atoms with E-state index in [-0.39, 0.29) is 13.1 Å². The molecular formula is C26H56N6O7S. The number of carbonyl (C=O) groups is 2. The molecule has 0 saturated carbocycles. The zero-order valence-corrected chi connectivity index (χ0v) is 26.0. The van der Waals surface area contributed by atoms with Gasteiger partial charge in [0.25, 0.3) is 0 Å². The molecule has 1 heterocycles. The second kappa shape index (κ2) is 21.6. The normalized spacial score (nSPS) is 19.0. The van der Waals surface area contributed by atoms with E-state index in [4.69, 9.17) is 9.47 Å². The molecule has 0 aromatic heterocycles. The summed E-state index contributed by atoms with van der Waals surface area (Å²) in [5.41, 5.74) is 0. The molecule has 0 aliphatic carbocycles. The fourth-order valence-electron chi connectivity index (χ4n) is 4.41. The minimum Gasteiger partial charge on any atom is -0.379 e. The molecular weight excluding hydrogens is 540 g/mol. The highest BCUT2D eigenvalue weighted by Crippen LogP contribution is 2.33. The molecule has 0 aromatic carbocycles. The lowest BCUT2D eigenvalue weighted by atomic mass is 10.3. The molecule has 14 heteroatoms. The Kier molecular flexibility index (Phi) is 20.0. The van der Waals surface area contributed by atoms with Crippen molar-refractivity contribution in [2.24, 2.45) is 0 Å². The van der Waals surface area contributed by atoms with E-state index in [1.165, 1.54) is 0 Å². The number of likely N-dealkylation sites (N-methyl/N-ethyl adjacent to an activating group) is 3. The first-order chi connectivity index (χ1) is 19.1. The maximum Gasteiger partial charge on any atom is 0.243 e. The molecule has 238 valence electrons. The van der Waals surface area contributed by atoms with Crippen molar-refractivity contribution >= 4 is 22.7 Å². The fraction of sp³-hybridized carbons (Fsp3) is 0.923. The minimum atomic E-state index is -4.00. The van der Waals surface area contributed by atoms with Crippen molar-refractivity contribution in [2.75, 3.05) is 117 Å². The van der Waals surface area contributed by atoms with Gasteiger partial charge < -0.3 is 48.5 Å². The third-order valence-electron chi connectivity index (χ3n) is 7.02. The summed E-state index contributed by atoms with van der Waals surface area (Å²) in [6.07, 6.45) is 0.541. The Morgan fingerprint density at radius 3 is 1.68 bits per heavy atom. The van der Waals surface area contributed by atoms with E-state index < -0.39 is 34.5 Å². The van der Waals surface area contributed by atoms with Gasteiger partial charge in [0.1, 0.15) is 6.04 Å². The van der Waals surface area contributed by atoms with Crippen molar-refractivity contribution in [1.82, 2.24) is 30.2 Å². The molecule has 40 heavy (non-hydrogen) atoms. The van der Waals surface area contributed by atoms with Gasteiger partial charge in [0, 0.05) is 72.1 Å². The Morgan fingerprint density at radius 2 is 1.23 bits per heavy atom. The molecule has 1 fully saturated rings. The summed E-state index contributed by atoms with van der Waals surface area (Å²) in [5.74, 6) is -1.66. The van der Waals surface area contributed by atoms with Gasteiger partial charge in [-0.1, -0.05) is 20.8 Å². The van der Waals surface area contributed by atoms with Crippen molar-refractivity contribution in [1.29, 1.82) is 0 Å². The highest BCUT2D eigenvalue weighted by Gasteiger charge is 2.28. The van der Waals surface area contributed by atoms with Gasteiger partial charge in [0.2, 0.25) is 11.8 Å². The largest absolute Gasteiger partial charge is 0.379 e. The lowest BCUT2D eigenvalue weighted by molar-refractivity contribution is -0.129. The summed E-state index contributed by atoms with van der Waals surface area (Å²) in [6.45, 7) is 20.6. The average molecular weight is 597 g/mol. The minimum absolute atomic E-state index is 0.0677. The molecule has 0 unspecified atom stereocenters. The van der Waals surface area contributed by atoms with Crippen LogP contribution >= 0.6 is 10.9 Å². The zero-order valence-electron chi connectivity index (χ0n) is 25.2. The van der Waals surface area contributed by atoms with Crippen LogP contribution in [0.15, 0.2) is 0 Å². The fourth-order valence-corrected chi connectivity index (χ4v) is 5.09. The van der Waals surface area contributed by atoms with Crippen LogP contribution in [0.4, 0.5) is 0 Å². The van der Waals surface area contributed by atoms with Gasteiger partial charge in [-0.3, -0.25) is 14.5 Å². The third kappa shape index (κ3) is 17.7. The van der Waals surface area contributed by atoms with E-state index in [1.54, 1.807) is 0 Å². The van der Waals surface area contributed by atoms with Gasteiger partial charge in [-0.2, -0.15) is 0 Å². The van der Waals surface area contributed by atoms with E-state index in [2.05, 4.69) is 51.0 Å². The summed E-state index contributed by atoms with van der Waals surface area (Å²) in [7, 11) is -4.00. The van der Waals surface area contributed by atoms with E-state index in [0.717, 1.165) is 58.9 Å². The molecule has 5 N–H and O–H groups in total.